The van der Waals surface area contributed by atoms with Gasteiger partial charge in [0.2, 0.25) is 0 Å². The number of nitriles is 1. The second-order valence-electron chi connectivity index (χ2n) is 2.17. The molecule has 0 aliphatic carbocycles. The minimum Gasteiger partial charge on any atom is -0.374 e. The van der Waals surface area contributed by atoms with Gasteiger partial charge >= 0.3 is 0 Å². The summed E-state index contributed by atoms with van der Waals surface area (Å²) in [7, 11) is 0. The summed E-state index contributed by atoms with van der Waals surface area (Å²) < 4.78 is 0. The van der Waals surface area contributed by atoms with Crippen molar-refractivity contribution in [1.29, 1.82) is 5.26 Å². The summed E-state index contributed by atoms with van der Waals surface area (Å²) in [6.45, 7) is 0. The second-order valence-corrected chi connectivity index (χ2v) is 2.96. The van der Waals surface area contributed by atoms with Crippen molar-refractivity contribution >= 4 is 23.2 Å². The van der Waals surface area contributed by atoms with Gasteiger partial charge in [0.1, 0.15) is 0 Å². The minimum absolute atomic E-state index is 0.230. The molecule has 0 spiro atoms. The van der Waals surface area contributed by atoms with Crippen LogP contribution in [0.4, 0.5) is 0 Å². The average Bonchev–Trinajstić information content (AvgIpc) is 2.08. The summed E-state index contributed by atoms with van der Waals surface area (Å²) in [4.78, 5) is 0. The number of rotatable bonds is 1. The Morgan fingerprint density at radius 2 is 2.08 bits per heavy atom. The quantitative estimate of drug-likeness (QED) is 0.711. The number of halogens is 2. The first-order chi connectivity index (χ1) is 5.66. The zero-order chi connectivity index (χ0) is 9.14. The van der Waals surface area contributed by atoms with Crippen molar-refractivity contribution < 1.29 is 5.11 Å². The van der Waals surface area contributed by atoms with Crippen LogP contribution >= 0.6 is 23.2 Å². The molecule has 0 aromatic heterocycles. The monoisotopic (exact) mass is 201 g/mol. The first-order valence-corrected chi connectivity index (χ1v) is 3.94. The van der Waals surface area contributed by atoms with Crippen LogP contribution in [-0.4, -0.2) is 5.11 Å². The molecule has 0 fully saturated rings. The molecule has 1 rings (SSSR count). The topological polar surface area (TPSA) is 44.0 Å². The maximum atomic E-state index is 9.13. The second kappa shape index (κ2) is 3.77. The normalized spacial score (nSPS) is 12.2. The van der Waals surface area contributed by atoms with Crippen LogP contribution in [0, 0.1) is 11.3 Å². The fraction of sp³-hybridized carbons (Fsp3) is 0.125. The highest BCUT2D eigenvalue weighted by Gasteiger charge is 2.11. The lowest BCUT2D eigenvalue weighted by Crippen LogP contribution is -1.94. The Hall–Kier alpha value is -0.750. The van der Waals surface area contributed by atoms with E-state index in [2.05, 4.69) is 0 Å². The molecule has 0 amide bonds. The van der Waals surface area contributed by atoms with Crippen LogP contribution in [0.3, 0.4) is 0 Å². The Bertz CT molecular complexity index is 332. The van der Waals surface area contributed by atoms with Crippen LogP contribution in [0.25, 0.3) is 0 Å². The van der Waals surface area contributed by atoms with Crippen molar-refractivity contribution in [3.05, 3.63) is 33.8 Å². The Balaban J connectivity index is 3.18. The molecular formula is C8H5Cl2NO. The van der Waals surface area contributed by atoms with Crippen molar-refractivity contribution in [2.24, 2.45) is 0 Å². The molecule has 0 aliphatic heterocycles. The number of aliphatic hydroxyl groups excluding tert-OH is 1. The maximum absolute atomic E-state index is 9.13. The number of hydrogen-bond donors (Lipinski definition) is 1. The van der Waals surface area contributed by atoms with Gasteiger partial charge in [0, 0.05) is 5.56 Å². The van der Waals surface area contributed by atoms with E-state index in [-0.39, 0.29) is 5.02 Å². The van der Waals surface area contributed by atoms with Gasteiger partial charge in [-0.3, -0.25) is 0 Å². The van der Waals surface area contributed by atoms with Crippen LogP contribution in [0.15, 0.2) is 18.2 Å². The van der Waals surface area contributed by atoms with Crippen LogP contribution < -0.4 is 0 Å². The number of benzene rings is 1. The molecule has 1 aromatic rings. The van der Waals surface area contributed by atoms with Gasteiger partial charge in [0.15, 0.2) is 6.10 Å². The number of aliphatic hydroxyl groups is 1. The van der Waals surface area contributed by atoms with Gasteiger partial charge in [-0.1, -0.05) is 35.3 Å². The molecule has 1 aromatic carbocycles. The fourth-order valence-corrected chi connectivity index (χ4v) is 1.21. The molecule has 1 N–H and O–H groups in total. The van der Waals surface area contributed by atoms with Gasteiger partial charge in [-0.05, 0) is 6.07 Å². The van der Waals surface area contributed by atoms with Gasteiger partial charge in [0.05, 0.1) is 16.1 Å². The van der Waals surface area contributed by atoms with E-state index in [1.54, 1.807) is 24.3 Å². The molecule has 0 saturated heterocycles. The summed E-state index contributed by atoms with van der Waals surface area (Å²) in [6.07, 6.45) is -1.21. The highest BCUT2D eigenvalue weighted by atomic mass is 35.5. The van der Waals surface area contributed by atoms with Crippen molar-refractivity contribution in [3.8, 4) is 6.07 Å². The minimum atomic E-state index is -1.21. The first kappa shape index (κ1) is 9.34. The summed E-state index contributed by atoms with van der Waals surface area (Å²) in [5, 5.41) is 18.1. The van der Waals surface area contributed by atoms with E-state index >= 15 is 0 Å². The molecule has 0 unspecified atom stereocenters. The Morgan fingerprint density at radius 1 is 1.42 bits per heavy atom. The van der Waals surface area contributed by atoms with E-state index in [0.29, 0.717) is 10.6 Å². The predicted molar refractivity (Wildman–Crippen MR) is 47.0 cm³/mol. The van der Waals surface area contributed by atoms with E-state index in [1.807, 2.05) is 0 Å². The Labute approximate surface area is 80.0 Å². The molecule has 62 valence electrons. The summed E-state index contributed by atoms with van der Waals surface area (Å²) >= 11 is 11.4. The zero-order valence-corrected chi connectivity index (χ0v) is 7.47. The van der Waals surface area contributed by atoms with Crippen molar-refractivity contribution in [2.75, 3.05) is 0 Å². The third-order valence-electron chi connectivity index (χ3n) is 1.40. The average molecular weight is 202 g/mol. The van der Waals surface area contributed by atoms with Crippen molar-refractivity contribution in [3.63, 3.8) is 0 Å². The molecule has 0 radical (unpaired) electrons. The first-order valence-electron chi connectivity index (χ1n) is 3.18. The lowest BCUT2D eigenvalue weighted by molar-refractivity contribution is 0.236. The van der Waals surface area contributed by atoms with E-state index in [1.165, 1.54) is 0 Å². The van der Waals surface area contributed by atoms with E-state index < -0.39 is 6.10 Å². The van der Waals surface area contributed by atoms with Gasteiger partial charge in [-0.15, -0.1) is 0 Å². The highest BCUT2D eigenvalue weighted by molar-refractivity contribution is 6.42. The van der Waals surface area contributed by atoms with Crippen LogP contribution in [0.5, 0.6) is 0 Å². The lowest BCUT2D eigenvalue weighted by atomic mass is 10.1. The molecule has 1 atom stereocenters. The smallest absolute Gasteiger partial charge is 0.167 e. The highest BCUT2D eigenvalue weighted by Crippen LogP contribution is 2.29. The summed E-state index contributed by atoms with van der Waals surface area (Å²) in [5.41, 5.74) is 0.340. The Morgan fingerprint density at radius 3 is 2.67 bits per heavy atom. The third kappa shape index (κ3) is 1.70. The third-order valence-corrected chi connectivity index (χ3v) is 2.23. The molecule has 0 heterocycles. The van der Waals surface area contributed by atoms with Crippen molar-refractivity contribution in [1.82, 2.24) is 0 Å². The lowest BCUT2D eigenvalue weighted by Gasteiger charge is -2.05. The molecule has 0 aliphatic rings. The molecule has 0 bridgehead atoms. The maximum Gasteiger partial charge on any atom is 0.167 e. The van der Waals surface area contributed by atoms with Crippen LogP contribution in [-0.2, 0) is 0 Å². The zero-order valence-electron chi connectivity index (χ0n) is 5.96. The summed E-state index contributed by atoms with van der Waals surface area (Å²) in [6, 6.07) is 6.44. The predicted octanol–water partition coefficient (Wildman–Crippen LogP) is 2.55. The van der Waals surface area contributed by atoms with Crippen LogP contribution in [0.1, 0.15) is 11.7 Å². The SMILES string of the molecule is N#C[C@H](O)c1cccc(Cl)c1Cl. The fourth-order valence-electron chi connectivity index (χ4n) is 0.801. The molecular weight excluding hydrogens is 197 g/mol. The van der Waals surface area contributed by atoms with Gasteiger partial charge < -0.3 is 5.11 Å². The summed E-state index contributed by atoms with van der Waals surface area (Å²) in [5.74, 6) is 0. The van der Waals surface area contributed by atoms with E-state index in [0.717, 1.165) is 0 Å². The Kier molecular flexibility index (Phi) is 2.93. The van der Waals surface area contributed by atoms with E-state index in [9.17, 15) is 0 Å². The molecule has 12 heavy (non-hydrogen) atoms. The van der Waals surface area contributed by atoms with Crippen molar-refractivity contribution in [2.45, 2.75) is 6.10 Å². The van der Waals surface area contributed by atoms with Gasteiger partial charge in [0.25, 0.3) is 0 Å². The van der Waals surface area contributed by atoms with Crippen LogP contribution in [0.2, 0.25) is 10.0 Å². The molecule has 2 nitrogen and oxygen atoms in total. The molecule has 4 heteroatoms. The number of hydrogen-bond acceptors (Lipinski definition) is 2. The molecule has 0 saturated carbocycles. The number of nitrogens with zero attached hydrogens (tertiary/aromatic N) is 1. The van der Waals surface area contributed by atoms with Gasteiger partial charge in [-0.2, -0.15) is 5.26 Å². The standard InChI is InChI=1S/C8H5Cl2NO/c9-6-3-1-2-5(8(6)10)7(12)4-11/h1-3,7,12H/t7-/m0/s1. The van der Waals surface area contributed by atoms with E-state index in [4.69, 9.17) is 33.6 Å². The van der Waals surface area contributed by atoms with Gasteiger partial charge in [-0.25, -0.2) is 0 Å². The largest absolute Gasteiger partial charge is 0.374 e.